The summed E-state index contributed by atoms with van der Waals surface area (Å²) >= 11 is 0. The Labute approximate surface area is 238 Å². The van der Waals surface area contributed by atoms with Crippen LogP contribution in [0.3, 0.4) is 0 Å². The maximum absolute atomic E-state index is 14.8. The van der Waals surface area contributed by atoms with Crippen LogP contribution >= 0.6 is 0 Å². The van der Waals surface area contributed by atoms with E-state index >= 15 is 0 Å². The van der Waals surface area contributed by atoms with E-state index in [9.17, 15) is 36.6 Å². The fourth-order valence-corrected chi connectivity index (χ4v) is 4.78. The molecule has 1 heterocycles. The summed E-state index contributed by atoms with van der Waals surface area (Å²) in [5.41, 5.74) is -1.37. The number of hydrogen-bond donors (Lipinski definition) is 3. The summed E-state index contributed by atoms with van der Waals surface area (Å²) in [5, 5.41) is 15.8. The molecule has 0 aliphatic heterocycles. The van der Waals surface area contributed by atoms with E-state index in [0.717, 1.165) is 12.1 Å². The highest BCUT2D eigenvalue weighted by Crippen LogP contribution is 2.40. The fourth-order valence-electron chi connectivity index (χ4n) is 4.78. The van der Waals surface area contributed by atoms with E-state index in [4.69, 9.17) is 0 Å². The van der Waals surface area contributed by atoms with Gasteiger partial charge in [0, 0.05) is 29.9 Å². The molecule has 0 aliphatic rings. The van der Waals surface area contributed by atoms with Crippen LogP contribution in [0.2, 0.25) is 0 Å². The lowest BCUT2D eigenvalue weighted by molar-refractivity contribution is -0.139. The van der Waals surface area contributed by atoms with Gasteiger partial charge in [0.1, 0.15) is 23.2 Å². The second-order valence-electron chi connectivity index (χ2n) is 10.0. The molecule has 1 aromatic heterocycles. The molecule has 0 radical (unpaired) electrons. The number of aliphatic carboxylic acids is 1. The Hall–Kier alpha value is -4.54. The molecule has 0 spiro atoms. The summed E-state index contributed by atoms with van der Waals surface area (Å²) in [7, 11) is 0. The van der Waals surface area contributed by atoms with Gasteiger partial charge < -0.3 is 15.7 Å². The normalized spacial score (nSPS) is 13.0. The summed E-state index contributed by atoms with van der Waals surface area (Å²) in [4.78, 5) is 29.0. The topological polar surface area (TPSA) is 91.3 Å². The molecule has 11 heteroatoms. The van der Waals surface area contributed by atoms with E-state index in [0.29, 0.717) is 22.8 Å². The molecule has 0 saturated carbocycles. The standard InChI is InChI=1S/C31H28F5N3O3/c1-4-17(3)38-19-14-23(32)26(24(33)15-19)29(40)39-25(30(41)42)13-18-9-10-22(21-8-6-5-7-20(18)21)28-27(31(34,35)36)16(2)11-12-37-28/h5-12,14-15,17,25,38H,4,13H2,1-3H3,(H,39,40)(H,41,42)/t17-,25-/m0/s1. The molecule has 6 nitrogen and oxygen atoms in total. The molecule has 220 valence electrons. The molecule has 0 unspecified atom stereocenters. The number of halogens is 5. The number of nitrogens with zero attached hydrogens (tertiary/aromatic N) is 1. The molecule has 0 aliphatic carbocycles. The van der Waals surface area contributed by atoms with Crippen LogP contribution in [0, 0.1) is 18.6 Å². The third-order valence-corrected chi connectivity index (χ3v) is 7.03. The van der Waals surface area contributed by atoms with Gasteiger partial charge in [-0.2, -0.15) is 13.2 Å². The Morgan fingerprint density at radius 3 is 2.24 bits per heavy atom. The minimum Gasteiger partial charge on any atom is -0.480 e. The van der Waals surface area contributed by atoms with Gasteiger partial charge in [0.05, 0.1) is 11.3 Å². The second kappa shape index (κ2) is 12.1. The second-order valence-corrected chi connectivity index (χ2v) is 10.0. The van der Waals surface area contributed by atoms with Crippen molar-refractivity contribution in [2.24, 2.45) is 0 Å². The number of aromatic nitrogens is 1. The van der Waals surface area contributed by atoms with Gasteiger partial charge in [0.25, 0.3) is 5.91 Å². The van der Waals surface area contributed by atoms with E-state index in [2.05, 4.69) is 15.6 Å². The first-order valence-electron chi connectivity index (χ1n) is 13.1. The largest absolute Gasteiger partial charge is 0.480 e. The monoisotopic (exact) mass is 585 g/mol. The Morgan fingerprint density at radius 1 is 1.00 bits per heavy atom. The highest BCUT2D eigenvalue weighted by Gasteiger charge is 2.36. The van der Waals surface area contributed by atoms with Crippen LogP contribution in [0.4, 0.5) is 27.6 Å². The van der Waals surface area contributed by atoms with Crippen LogP contribution in [-0.4, -0.2) is 34.1 Å². The minimum absolute atomic E-state index is 0.00235. The number of carboxylic acids is 1. The lowest BCUT2D eigenvalue weighted by atomic mass is 9.92. The molecule has 0 fully saturated rings. The number of fused-ring (bicyclic) bond motifs is 1. The number of aryl methyl sites for hydroxylation is 1. The van der Waals surface area contributed by atoms with Crippen molar-refractivity contribution in [1.82, 2.24) is 10.3 Å². The number of anilines is 1. The number of alkyl halides is 3. The molecule has 1 amide bonds. The average molecular weight is 586 g/mol. The summed E-state index contributed by atoms with van der Waals surface area (Å²) in [6, 6.07) is 10.8. The Balaban J connectivity index is 1.68. The Morgan fingerprint density at radius 2 is 1.64 bits per heavy atom. The van der Waals surface area contributed by atoms with Gasteiger partial charge in [-0.1, -0.05) is 43.3 Å². The molecule has 3 N–H and O–H groups in total. The maximum Gasteiger partial charge on any atom is 0.418 e. The van der Waals surface area contributed by atoms with Crippen molar-refractivity contribution in [2.75, 3.05) is 5.32 Å². The van der Waals surface area contributed by atoms with Crippen molar-refractivity contribution in [3.8, 4) is 11.3 Å². The van der Waals surface area contributed by atoms with Crippen molar-refractivity contribution >= 4 is 28.3 Å². The van der Waals surface area contributed by atoms with Crippen LogP contribution in [0.5, 0.6) is 0 Å². The number of nitrogens with one attached hydrogen (secondary N) is 2. The van der Waals surface area contributed by atoms with Gasteiger partial charge in [-0.3, -0.25) is 9.78 Å². The first-order valence-corrected chi connectivity index (χ1v) is 13.1. The van der Waals surface area contributed by atoms with Crippen molar-refractivity contribution < 1.29 is 36.6 Å². The summed E-state index contributed by atoms with van der Waals surface area (Å²) in [6.07, 6.45) is -3.01. The van der Waals surface area contributed by atoms with Crippen molar-refractivity contribution in [3.63, 3.8) is 0 Å². The number of pyridine rings is 1. The number of carboxylic acid groups (broad SMARTS) is 1. The molecule has 42 heavy (non-hydrogen) atoms. The lowest BCUT2D eigenvalue weighted by Gasteiger charge is -2.19. The van der Waals surface area contributed by atoms with E-state index < -0.39 is 46.9 Å². The number of amides is 1. The number of carbonyl (C=O) groups excluding carboxylic acids is 1. The fraction of sp³-hybridized carbons (Fsp3) is 0.258. The predicted octanol–water partition coefficient (Wildman–Crippen LogP) is 7.14. The van der Waals surface area contributed by atoms with E-state index in [-0.39, 0.29) is 35.0 Å². The number of carbonyl (C=O) groups is 2. The Bertz CT molecular complexity index is 1630. The third-order valence-electron chi connectivity index (χ3n) is 7.03. The lowest BCUT2D eigenvalue weighted by Crippen LogP contribution is -2.43. The van der Waals surface area contributed by atoms with Gasteiger partial charge in [0.15, 0.2) is 0 Å². The first-order chi connectivity index (χ1) is 19.8. The molecule has 2 atom stereocenters. The molecule has 0 saturated heterocycles. The first kappa shape index (κ1) is 30.4. The molecular formula is C31H28F5N3O3. The summed E-state index contributed by atoms with van der Waals surface area (Å²) < 4.78 is 71.4. The van der Waals surface area contributed by atoms with Crippen LogP contribution in [0.25, 0.3) is 22.0 Å². The van der Waals surface area contributed by atoms with Crippen LogP contribution in [0.1, 0.15) is 47.3 Å². The van der Waals surface area contributed by atoms with Gasteiger partial charge in [0.2, 0.25) is 0 Å². The highest BCUT2D eigenvalue weighted by atomic mass is 19.4. The zero-order valence-electron chi connectivity index (χ0n) is 22.9. The van der Waals surface area contributed by atoms with E-state index in [1.54, 1.807) is 24.3 Å². The average Bonchev–Trinajstić information content (AvgIpc) is 2.91. The van der Waals surface area contributed by atoms with Gasteiger partial charge in [-0.05, 0) is 60.4 Å². The third kappa shape index (κ3) is 6.35. The van der Waals surface area contributed by atoms with Crippen LogP contribution in [-0.2, 0) is 17.4 Å². The van der Waals surface area contributed by atoms with Gasteiger partial charge >= 0.3 is 12.1 Å². The predicted molar refractivity (Wildman–Crippen MR) is 149 cm³/mol. The Kier molecular flexibility index (Phi) is 8.79. The van der Waals surface area contributed by atoms with Gasteiger partial charge in [-0.15, -0.1) is 0 Å². The molecule has 0 bridgehead atoms. The number of rotatable bonds is 9. The highest BCUT2D eigenvalue weighted by molar-refractivity contribution is 6.00. The molecule has 4 rings (SSSR count). The maximum atomic E-state index is 14.8. The molecule has 4 aromatic rings. The summed E-state index contributed by atoms with van der Waals surface area (Å²) in [6.45, 7) is 5.04. The molecular weight excluding hydrogens is 557 g/mol. The SMILES string of the molecule is CC[C@H](C)Nc1cc(F)c(C(=O)N[C@@H](Cc2ccc(-c3nccc(C)c3C(F)(F)F)c3ccccc23)C(=O)O)c(F)c1. The number of benzene rings is 3. The summed E-state index contributed by atoms with van der Waals surface area (Å²) in [5.74, 6) is -5.05. The van der Waals surface area contributed by atoms with Crippen LogP contribution < -0.4 is 10.6 Å². The zero-order valence-corrected chi connectivity index (χ0v) is 22.9. The van der Waals surface area contributed by atoms with Crippen molar-refractivity contribution in [3.05, 3.63) is 94.7 Å². The van der Waals surface area contributed by atoms with Crippen molar-refractivity contribution in [1.29, 1.82) is 0 Å². The van der Waals surface area contributed by atoms with Crippen molar-refractivity contribution in [2.45, 2.75) is 51.9 Å². The number of hydrogen-bond acceptors (Lipinski definition) is 4. The van der Waals surface area contributed by atoms with Gasteiger partial charge in [-0.25, -0.2) is 13.6 Å². The smallest absolute Gasteiger partial charge is 0.418 e. The molecule has 3 aromatic carbocycles. The van der Waals surface area contributed by atoms with E-state index in [1.165, 1.54) is 31.3 Å². The quantitative estimate of drug-likeness (QED) is 0.182. The minimum atomic E-state index is -4.67. The van der Waals surface area contributed by atoms with E-state index in [1.807, 2.05) is 13.8 Å². The van der Waals surface area contributed by atoms with Crippen LogP contribution in [0.15, 0.2) is 60.8 Å². The zero-order chi connectivity index (χ0) is 30.8.